The maximum atomic E-state index is 9.75. The van der Waals surface area contributed by atoms with Gasteiger partial charge in [-0.3, -0.25) is 0 Å². The predicted molar refractivity (Wildman–Crippen MR) is 83.3 cm³/mol. The highest BCUT2D eigenvalue weighted by Crippen LogP contribution is 2.19. The molecule has 0 heterocycles. The van der Waals surface area contributed by atoms with Gasteiger partial charge in [0.2, 0.25) is 5.39 Å². The van der Waals surface area contributed by atoms with E-state index in [0.717, 1.165) is 16.7 Å². The third kappa shape index (κ3) is 7.68. The lowest BCUT2D eigenvalue weighted by Gasteiger charge is -1.94. The summed E-state index contributed by atoms with van der Waals surface area (Å²) < 4.78 is 39.0. The Kier molecular flexibility index (Phi) is 6.35. The van der Waals surface area contributed by atoms with Gasteiger partial charge in [-0.05, 0) is 37.6 Å². The van der Waals surface area contributed by atoms with E-state index >= 15 is 0 Å². The van der Waals surface area contributed by atoms with E-state index in [1.54, 1.807) is 6.07 Å². The molecule has 0 aromatic heterocycles. The molecule has 0 bridgehead atoms. The molecule has 0 N–H and O–H groups in total. The second-order valence-corrected chi connectivity index (χ2v) is 4.73. The van der Waals surface area contributed by atoms with Crippen LogP contribution in [-0.4, -0.2) is 7.25 Å². The van der Waals surface area contributed by atoms with Crippen LogP contribution in [0.1, 0.15) is 22.3 Å². The first-order valence-electron chi connectivity index (χ1n) is 6.61. The molecule has 2 aromatic rings. The quantitative estimate of drug-likeness (QED) is 0.273. The fourth-order valence-corrected chi connectivity index (χ4v) is 1.61. The van der Waals surface area contributed by atoms with Crippen molar-refractivity contribution in [3.8, 4) is 11.8 Å². The SMILES string of the molecule is Cc1ccc(C#Cc2cc(C)ccc2[N+]#N)cc1.F[B-](F)(F)F. The normalized spacial score (nSPS) is 9.78. The van der Waals surface area contributed by atoms with Crippen molar-refractivity contribution >= 4 is 12.9 Å². The fraction of sp³-hybridized carbons (Fsp3) is 0.125. The molecule has 7 heteroatoms. The number of rotatable bonds is 0. The molecule has 0 radical (unpaired) electrons. The summed E-state index contributed by atoms with van der Waals surface area (Å²) >= 11 is 0. The van der Waals surface area contributed by atoms with E-state index in [-0.39, 0.29) is 0 Å². The van der Waals surface area contributed by atoms with Crippen molar-refractivity contribution in [2.75, 3.05) is 0 Å². The predicted octanol–water partition coefficient (Wildman–Crippen LogP) is 5.49. The Morgan fingerprint density at radius 1 is 0.870 bits per heavy atom. The molecule has 0 atom stereocenters. The molecule has 118 valence electrons. The van der Waals surface area contributed by atoms with E-state index < -0.39 is 7.25 Å². The first-order chi connectivity index (χ1) is 10.7. The number of aryl methyl sites for hydroxylation is 2. The van der Waals surface area contributed by atoms with Crippen LogP contribution in [0.3, 0.4) is 0 Å². The van der Waals surface area contributed by atoms with Gasteiger partial charge in [0, 0.05) is 11.6 Å². The zero-order valence-electron chi connectivity index (χ0n) is 12.5. The largest absolute Gasteiger partial charge is 0.673 e. The maximum absolute atomic E-state index is 9.75. The lowest BCUT2D eigenvalue weighted by Crippen LogP contribution is -2.02. The highest BCUT2D eigenvalue weighted by molar-refractivity contribution is 6.50. The van der Waals surface area contributed by atoms with E-state index in [0.29, 0.717) is 5.69 Å². The van der Waals surface area contributed by atoms with Gasteiger partial charge < -0.3 is 17.3 Å². The number of benzene rings is 2. The van der Waals surface area contributed by atoms with Crippen LogP contribution < -0.4 is 0 Å². The molecule has 0 saturated carbocycles. The van der Waals surface area contributed by atoms with E-state index in [9.17, 15) is 17.3 Å². The summed E-state index contributed by atoms with van der Waals surface area (Å²) in [5.41, 5.74) is 4.49. The van der Waals surface area contributed by atoms with Gasteiger partial charge in [0.25, 0.3) is 0 Å². The van der Waals surface area contributed by atoms with Crippen molar-refractivity contribution in [1.82, 2.24) is 0 Å². The molecule has 0 fully saturated rings. The van der Waals surface area contributed by atoms with Crippen molar-refractivity contribution in [2.24, 2.45) is 0 Å². The van der Waals surface area contributed by atoms with Crippen molar-refractivity contribution in [1.29, 1.82) is 5.39 Å². The van der Waals surface area contributed by atoms with Crippen molar-refractivity contribution in [3.05, 3.63) is 69.7 Å². The monoisotopic (exact) mass is 320 g/mol. The van der Waals surface area contributed by atoms with Gasteiger partial charge in [-0.25, -0.2) is 0 Å². The molecule has 23 heavy (non-hydrogen) atoms. The molecule has 2 aromatic carbocycles. The third-order valence-corrected chi connectivity index (χ3v) is 2.65. The highest BCUT2D eigenvalue weighted by Gasteiger charge is 2.20. The summed E-state index contributed by atoms with van der Waals surface area (Å²) in [6.07, 6.45) is 0. The smallest absolute Gasteiger partial charge is 0.418 e. The zero-order chi connectivity index (χ0) is 17.5. The second-order valence-electron chi connectivity index (χ2n) is 4.73. The number of halogens is 4. The summed E-state index contributed by atoms with van der Waals surface area (Å²) in [5, 5.41) is 8.90. The molecular formula is C16H13BF4N2. The summed E-state index contributed by atoms with van der Waals surface area (Å²) in [4.78, 5) is 3.24. The van der Waals surface area contributed by atoms with Gasteiger partial charge in [0.15, 0.2) is 4.98 Å². The van der Waals surface area contributed by atoms with Crippen LogP contribution >= 0.6 is 0 Å². The molecule has 0 saturated heterocycles. The van der Waals surface area contributed by atoms with Crippen LogP contribution in [0, 0.1) is 31.1 Å². The summed E-state index contributed by atoms with van der Waals surface area (Å²) in [5.74, 6) is 6.11. The molecule has 2 nitrogen and oxygen atoms in total. The van der Waals surface area contributed by atoms with Gasteiger partial charge in [0.1, 0.15) is 5.56 Å². The van der Waals surface area contributed by atoms with Gasteiger partial charge in [-0.2, -0.15) is 0 Å². The van der Waals surface area contributed by atoms with E-state index in [4.69, 9.17) is 5.39 Å². The average molecular weight is 320 g/mol. The van der Waals surface area contributed by atoms with Gasteiger partial charge in [-0.1, -0.05) is 35.6 Å². The van der Waals surface area contributed by atoms with Crippen molar-refractivity contribution in [2.45, 2.75) is 13.8 Å². The first-order valence-corrected chi connectivity index (χ1v) is 6.61. The number of diazo groups is 1. The Labute approximate surface area is 131 Å². The Morgan fingerprint density at radius 3 is 1.91 bits per heavy atom. The number of hydrogen-bond acceptors (Lipinski definition) is 1. The average Bonchev–Trinajstić information content (AvgIpc) is 2.45. The zero-order valence-corrected chi connectivity index (χ0v) is 12.5. The van der Waals surface area contributed by atoms with E-state index in [1.165, 1.54) is 5.56 Å². The first kappa shape index (κ1) is 18.3. The molecule has 0 aliphatic carbocycles. The van der Waals surface area contributed by atoms with Crippen LogP contribution in [-0.2, 0) is 0 Å². The van der Waals surface area contributed by atoms with Crippen molar-refractivity contribution < 1.29 is 17.3 Å². The molecule has 0 aliphatic heterocycles. The third-order valence-electron chi connectivity index (χ3n) is 2.65. The molecule has 0 aliphatic rings. The van der Waals surface area contributed by atoms with Crippen LogP contribution in [0.2, 0.25) is 0 Å². The topological polar surface area (TPSA) is 28.1 Å². The Morgan fingerprint density at radius 2 is 1.39 bits per heavy atom. The van der Waals surface area contributed by atoms with Gasteiger partial charge in [-0.15, -0.1) is 0 Å². The lowest BCUT2D eigenvalue weighted by atomic mass is 10.1. The standard InChI is InChI=1S/C16H13N2.BF4/c1-12-3-6-14(7-4-12)8-9-15-11-13(2)5-10-16(15)18-17;2-1(3,4)5/h3-7,10-11H,1-2H3;/q+1;-1. The van der Waals surface area contributed by atoms with Crippen LogP contribution in [0.4, 0.5) is 23.0 Å². The fourth-order valence-electron chi connectivity index (χ4n) is 1.61. The minimum absolute atomic E-state index is 0.500. The van der Waals surface area contributed by atoms with E-state index in [1.807, 2.05) is 50.2 Å². The molecule has 2 rings (SSSR count). The summed E-state index contributed by atoms with van der Waals surface area (Å²) in [6, 6.07) is 13.6. The van der Waals surface area contributed by atoms with Gasteiger partial charge in [0.05, 0.1) is 0 Å². The highest BCUT2D eigenvalue weighted by atomic mass is 19.5. The van der Waals surface area contributed by atoms with Crippen LogP contribution in [0.15, 0.2) is 42.5 Å². The number of hydrogen-bond donors (Lipinski definition) is 0. The van der Waals surface area contributed by atoms with E-state index in [2.05, 4.69) is 16.8 Å². The minimum Gasteiger partial charge on any atom is -0.418 e. The summed E-state index contributed by atoms with van der Waals surface area (Å²) in [7, 11) is -6.00. The molecular weight excluding hydrogens is 307 g/mol. The molecule has 0 amide bonds. The Bertz CT molecular complexity index is 760. The molecule has 0 unspecified atom stereocenters. The van der Waals surface area contributed by atoms with Crippen LogP contribution in [0.25, 0.3) is 4.98 Å². The van der Waals surface area contributed by atoms with Crippen LogP contribution in [0.5, 0.6) is 0 Å². The van der Waals surface area contributed by atoms with Gasteiger partial charge >= 0.3 is 12.9 Å². The number of nitrogens with zero attached hydrogens (tertiary/aromatic N) is 2. The minimum atomic E-state index is -6.00. The maximum Gasteiger partial charge on any atom is 0.673 e. The summed E-state index contributed by atoms with van der Waals surface area (Å²) in [6.45, 7) is 4.03. The Hall–Kier alpha value is -2.80. The van der Waals surface area contributed by atoms with Crippen molar-refractivity contribution in [3.63, 3.8) is 0 Å². The Balaban J connectivity index is 0.000000463. The lowest BCUT2D eigenvalue weighted by molar-refractivity contribution is 0.368. The molecule has 0 spiro atoms. The second kappa shape index (κ2) is 8.00.